The van der Waals surface area contributed by atoms with E-state index < -0.39 is 0 Å². The number of carbonyl (C=O) groups is 1. The van der Waals surface area contributed by atoms with Gasteiger partial charge in [-0.1, -0.05) is 61.9 Å². The zero-order valence-electron chi connectivity index (χ0n) is 12.4. The highest BCUT2D eigenvalue weighted by Crippen LogP contribution is 2.27. The summed E-state index contributed by atoms with van der Waals surface area (Å²) in [5.74, 6) is 0.0336. The van der Waals surface area contributed by atoms with Crippen LogP contribution in [0.1, 0.15) is 19.8 Å². The lowest BCUT2D eigenvalue weighted by molar-refractivity contribution is -0.119. The van der Waals surface area contributed by atoms with Crippen LogP contribution in [0.5, 0.6) is 0 Å². The number of rotatable bonds is 7. The summed E-state index contributed by atoms with van der Waals surface area (Å²) in [5.41, 5.74) is 3.24. The van der Waals surface area contributed by atoms with E-state index in [4.69, 9.17) is 0 Å². The predicted molar refractivity (Wildman–Crippen MR) is 88.3 cm³/mol. The molecule has 0 bridgehead atoms. The summed E-state index contributed by atoms with van der Waals surface area (Å²) in [7, 11) is 0. The Kier molecular flexibility index (Phi) is 5.83. The van der Waals surface area contributed by atoms with Crippen LogP contribution in [0.2, 0.25) is 0 Å². The van der Waals surface area contributed by atoms with Gasteiger partial charge in [-0.3, -0.25) is 4.79 Å². The van der Waals surface area contributed by atoms with Crippen LogP contribution in [0.4, 0.5) is 5.69 Å². The minimum absolute atomic E-state index is 0.0336. The quantitative estimate of drug-likeness (QED) is 0.761. The second kappa shape index (κ2) is 8.10. The van der Waals surface area contributed by atoms with Gasteiger partial charge in [0.25, 0.3) is 0 Å². The average molecular weight is 282 g/mol. The molecule has 1 amide bonds. The first-order chi connectivity index (χ1) is 10.3. The smallest absolute Gasteiger partial charge is 0.239 e. The topological polar surface area (TPSA) is 41.1 Å². The summed E-state index contributed by atoms with van der Waals surface area (Å²) in [6.07, 6.45) is 2.11. The van der Waals surface area contributed by atoms with Crippen LogP contribution in [-0.4, -0.2) is 19.0 Å². The predicted octanol–water partition coefficient (Wildman–Crippen LogP) is 3.68. The number of hydrogen-bond donors (Lipinski definition) is 2. The van der Waals surface area contributed by atoms with Crippen molar-refractivity contribution in [1.29, 1.82) is 0 Å². The molecule has 3 nitrogen and oxygen atoms in total. The summed E-state index contributed by atoms with van der Waals surface area (Å²) in [5, 5.41) is 6.14. The molecule has 2 aromatic rings. The number of para-hydroxylation sites is 1. The van der Waals surface area contributed by atoms with E-state index in [0.717, 1.165) is 36.2 Å². The molecular weight excluding hydrogens is 260 g/mol. The van der Waals surface area contributed by atoms with E-state index in [1.54, 1.807) is 0 Å². The van der Waals surface area contributed by atoms with Gasteiger partial charge in [-0.15, -0.1) is 0 Å². The number of amides is 1. The van der Waals surface area contributed by atoms with Crippen LogP contribution >= 0.6 is 0 Å². The molecule has 0 heterocycles. The van der Waals surface area contributed by atoms with Crippen LogP contribution in [0, 0.1) is 0 Å². The molecule has 21 heavy (non-hydrogen) atoms. The van der Waals surface area contributed by atoms with Gasteiger partial charge in [-0.05, 0) is 18.1 Å². The van der Waals surface area contributed by atoms with Crippen LogP contribution < -0.4 is 10.6 Å². The van der Waals surface area contributed by atoms with Crippen LogP contribution in [-0.2, 0) is 4.79 Å². The lowest BCUT2D eigenvalue weighted by Crippen LogP contribution is -2.30. The fraction of sp³-hybridized carbons (Fsp3) is 0.278. The van der Waals surface area contributed by atoms with Crippen molar-refractivity contribution in [3.8, 4) is 11.1 Å². The van der Waals surface area contributed by atoms with Gasteiger partial charge in [0.1, 0.15) is 0 Å². The maximum absolute atomic E-state index is 11.8. The Balaban J connectivity index is 1.99. The van der Waals surface area contributed by atoms with Gasteiger partial charge in [0, 0.05) is 17.8 Å². The largest absolute Gasteiger partial charge is 0.376 e. The third-order valence-corrected chi connectivity index (χ3v) is 3.30. The molecule has 0 atom stereocenters. The Labute approximate surface area is 126 Å². The highest BCUT2D eigenvalue weighted by Gasteiger charge is 2.05. The zero-order valence-corrected chi connectivity index (χ0v) is 12.4. The Morgan fingerprint density at radius 3 is 2.48 bits per heavy atom. The van der Waals surface area contributed by atoms with E-state index in [2.05, 4.69) is 35.8 Å². The molecule has 2 aromatic carbocycles. The fourth-order valence-electron chi connectivity index (χ4n) is 2.15. The summed E-state index contributed by atoms with van der Waals surface area (Å²) < 4.78 is 0. The normalized spacial score (nSPS) is 10.1. The van der Waals surface area contributed by atoms with Gasteiger partial charge < -0.3 is 10.6 Å². The van der Waals surface area contributed by atoms with Gasteiger partial charge in [-0.2, -0.15) is 0 Å². The van der Waals surface area contributed by atoms with E-state index >= 15 is 0 Å². The molecule has 2 N–H and O–H groups in total. The van der Waals surface area contributed by atoms with E-state index in [9.17, 15) is 4.79 Å². The number of benzene rings is 2. The average Bonchev–Trinajstić information content (AvgIpc) is 2.54. The number of anilines is 1. The molecule has 110 valence electrons. The first-order valence-corrected chi connectivity index (χ1v) is 7.46. The van der Waals surface area contributed by atoms with Crippen molar-refractivity contribution in [2.45, 2.75) is 19.8 Å². The lowest BCUT2D eigenvalue weighted by Gasteiger charge is -2.12. The van der Waals surface area contributed by atoms with Gasteiger partial charge >= 0.3 is 0 Å². The van der Waals surface area contributed by atoms with Crippen LogP contribution in [0.3, 0.4) is 0 Å². The minimum Gasteiger partial charge on any atom is -0.376 e. The molecule has 0 radical (unpaired) electrons. The second-order valence-corrected chi connectivity index (χ2v) is 4.97. The number of carbonyl (C=O) groups excluding carboxylic acids is 1. The Hall–Kier alpha value is -2.29. The first kappa shape index (κ1) is 15.1. The summed E-state index contributed by atoms with van der Waals surface area (Å²) in [6, 6.07) is 18.2. The number of nitrogens with one attached hydrogen (secondary N) is 2. The van der Waals surface area contributed by atoms with Crippen molar-refractivity contribution in [3.05, 3.63) is 54.6 Å². The Morgan fingerprint density at radius 1 is 1.00 bits per heavy atom. The molecule has 0 aliphatic carbocycles. The van der Waals surface area contributed by atoms with Crippen molar-refractivity contribution < 1.29 is 4.79 Å². The molecule has 2 rings (SSSR count). The van der Waals surface area contributed by atoms with E-state index in [0.29, 0.717) is 6.54 Å². The monoisotopic (exact) mass is 282 g/mol. The molecular formula is C18H22N2O. The SMILES string of the molecule is CCCCNC(=O)CNc1ccccc1-c1ccccc1. The summed E-state index contributed by atoms with van der Waals surface area (Å²) in [6.45, 7) is 3.16. The third kappa shape index (κ3) is 4.63. The Bertz CT molecular complexity index is 566. The van der Waals surface area contributed by atoms with Crippen molar-refractivity contribution in [2.75, 3.05) is 18.4 Å². The molecule has 0 saturated carbocycles. The lowest BCUT2D eigenvalue weighted by atomic mass is 10.0. The van der Waals surface area contributed by atoms with E-state index in [1.807, 2.05) is 36.4 Å². The van der Waals surface area contributed by atoms with Crippen LogP contribution in [0.15, 0.2) is 54.6 Å². The van der Waals surface area contributed by atoms with Gasteiger partial charge in [0.15, 0.2) is 0 Å². The maximum atomic E-state index is 11.8. The first-order valence-electron chi connectivity index (χ1n) is 7.46. The highest BCUT2D eigenvalue weighted by atomic mass is 16.1. The minimum atomic E-state index is 0.0336. The van der Waals surface area contributed by atoms with Crippen LogP contribution in [0.25, 0.3) is 11.1 Å². The van der Waals surface area contributed by atoms with Gasteiger partial charge in [0.2, 0.25) is 5.91 Å². The van der Waals surface area contributed by atoms with Crippen molar-refractivity contribution >= 4 is 11.6 Å². The zero-order chi connectivity index (χ0) is 14.9. The van der Waals surface area contributed by atoms with Gasteiger partial charge in [0.05, 0.1) is 6.54 Å². The molecule has 0 aliphatic rings. The van der Waals surface area contributed by atoms with Crippen molar-refractivity contribution in [2.24, 2.45) is 0 Å². The van der Waals surface area contributed by atoms with E-state index in [1.165, 1.54) is 0 Å². The number of unbranched alkanes of at least 4 members (excludes halogenated alkanes) is 1. The van der Waals surface area contributed by atoms with Gasteiger partial charge in [-0.25, -0.2) is 0 Å². The molecule has 0 aliphatic heterocycles. The molecule has 0 saturated heterocycles. The van der Waals surface area contributed by atoms with Crippen molar-refractivity contribution in [3.63, 3.8) is 0 Å². The molecule has 0 fully saturated rings. The van der Waals surface area contributed by atoms with Crippen molar-refractivity contribution in [1.82, 2.24) is 5.32 Å². The second-order valence-electron chi connectivity index (χ2n) is 4.97. The fourth-order valence-corrected chi connectivity index (χ4v) is 2.15. The standard InChI is InChI=1S/C18H22N2O/c1-2-3-13-19-18(21)14-20-17-12-8-7-11-16(17)15-9-5-4-6-10-15/h4-12,20H,2-3,13-14H2,1H3,(H,19,21). The molecule has 0 aromatic heterocycles. The summed E-state index contributed by atoms with van der Waals surface area (Å²) in [4.78, 5) is 11.8. The molecule has 0 unspecified atom stereocenters. The molecule has 3 heteroatoms. The Morgan fingerprint density at radius 2 is 1.71 bits per heavy atom. The number of hydrogen-bond acceptors (Lipinski definition) is 2. The molecule has 0 spiro atoms. The van der Waals surface area contributed by atoms with E-state index in [-0.39, 0.29) is 5.91 Å². The summed E-state index contributed by atoms with van der Waals surface area (Å²) >= 11 is 0. The maximum Gasteiger partial charge on any atom is 0.239 e. The highest BCUT2D eigenvalue weighted by molar-refractivity contribution is 5.84. The third-order valence-electron chi connectivity index (χ3n) is 3.30.